The van der Waals surface area contributed by atoms with Crippen LogP contribution in [0, 0.1) is 13.8 Å². The van der Waals surface area contributed by atoms with Crippen molar-refractivity contribution in [2.24, 2.45) is 0 Å². The molecule has 0 spiro atoms. The van der Waals surface area contributed by atoms with Gasteiger partial charge in [-0.2, -0.15) is 0 Å². The highest BCUT2D eigenvalue weighted by molar-refractivity contribution is 7.99. The first-order valence-electron chi connectivity index (χ1n) is 8.42. The molecule has 1 aliphatic rings. The number of fused-ring (bicyclic) bond motifs is 1. The molecule has 3 nitrogen and oxygen atoms in total. The summed E-state index contributed by atoms with van der Waals surface area (Å²) in [5, 5.41) is 5.28. The normalized spacial score (nSPS) is 15.7. The zero-order valence-corrected chi connectivity index (χ0v) is 14.7. The molecule has 23 heavy (non-hydrogen) atoms. The van der Waals surface area contributed by atoms with E-state index in [4.69, 9.17) is 4.98 Å². The van der Waals surface area contributed by atoms with Crippen molar-refractivity contribution in [1.29, 1.82) is 0 Å². The first kappa shape index (κ1) is 16.3. The highest BCUT2D eigenvalue weighted by atomic mass is 32.2. The van der Waals surface area contributed by atoms with Crippen LogP contribution in [-0.4, -0.2) is 22.7 Å². The molecule has 1 aromatic carbocycles. The van der Waals surface area contributed by atoms with Crippen molar-refractivity contribution in [2.45, 2.75) is 57.0 Å². The van der Waals surface area contributed by atoms with Gasteiger partial charge in [-0.1, -0.05) is 43.2 Å². The largest absolute Gasteiger partial charge is 0.353 e. The van der Waals surface area contributed by atoms with Crippen LogP contribution < -0.4 is 5.32 Å². The second-order valence-electron chi connectivity index (χ2n) is 6.50. The van der Waals surface area contributed by atoms with Crippen LogP contribution in [0.4, 0.5) is 0 Å². The molecule has 1 amide bonds. The molecule has 0 radical (unpaired) electrons. The molecule has 0 aliphatic heterocycles. The van der Waals surface area contributed by atoms with Crippen LogP contribution in [0.2, 0.25) is 0 Å². The fourth-order valence-corrected chi connectivity index (χ4v) is 3.96. The number of pyridine rings is 1. The number of amides is 1. The molecule has 3 rings (SSSR count). The minimum absolute atomic E-state index is 0.132. The molecule has 4 heteroatoms. The lowest BCUT2D eigenvalue weighted by atomic mass is 9.95. The van der Waals surface area contributed by atoms with E-state index in [0.717, 1.165) is 34.3 Å². The maximum atomic E-state index is 12.2. The van der Waals surface area contributed by atoms with Gasteiger partial charge in [0.25, 0.3) is 0 Å². The molecule has 1 heterocycles. The highest BCUT2D eigenvalue weighted by Crippen LogP contribution is 2.25. The van der Waals surface area contributed by atoms with Crippen LogP contribution in [0.25, 0.3) is 10.9 Å². The van der Waals surface area contributed by atoms with Crippen LogP contribution in [0.1, 0.15) is 43.2 Å². The van der Waals surface area contributed by atoms with Crippen LogP contribution in [0.5, 0.6) is 0 Å². The van der Waals surface area contributed by atoms with Crippen molar-refractivity contribution in [1.82, 2.24) is 10.3 Å². The molecule has 1 aromatic heterocycles. The van der Waals surface area contributed by atoms with Crippen molar-refractivity contribution in [2.75, 3.05) is 5.75 Å². The number of hydrogen-bond donors (Lipinski definition) is 1. The summed E-state index contributed by atoms with van der Waals surface area (Å²) >= 11 is 1.54. The number of benzene rings is 1. The zero-order valence-electron chi connectivity index (χ0n) is 13.9. The summed E-state index contributed by atoms with van der Waals surface area (Å²) in [4.78, 5) is 16.9. The Hall–Kier alpha value is -1.55. The van der Waals surface area contributed by atoms with E-state index in [-0.39, 0.29) is 5.91 Å². The lowest BCUT2D eigenvalue weighted by molar-refractivity contribution is -0.119. The smallest absolute Gasteiger partial charge is 0.230 e. The SMILES string of the molecule is Cc1ccc2cc(C)c(SCC(=O)NC3CCCCC3)nc2c1. The van der Waals surface area contributed by atoms with Gasteiger partial charge in [-0.25, -0.2) is 4.98 Å². The van der Waals surface area contributed by atoms with Crippen LogP contribution in [0.15, 0.2) is 29.3 Å². The van der Waals surface area contributed by atoms with Crippen LogP contribution in [0.3, 0.4) is 0 Å². The van der Waals surface area contributed by atoms with Gasteiger partial charge in [0.2, 0.25) is 5.91 Å². The molecule has 0 atom stereocenters. The Balaban J connectivity index is 1.64. The number of thioether (sulfide) groups is 1. The number of aryl methyl sites for hydroxylation is 2. The second kappa shape index (κ2) is 7.35. The topological polar surface area (TPSA) is 42.0 Å². The van der Waals surface area contributed by atoms with Gasteiger partial charge in [-0.3, -0.25) is 4.79 Å². The Morgan fingerprint density at radius 3 is 2.78 bits per heavy atom. The van der Waals surface area contributed by atoms with Crippen molar-refractivity contribution < 1.29 is 4.79 Å². The van der Waals surface area contributed by atoms with Gasteiger partial charge in [-0.15, -0.1) is 0 Å². The third-order valence-corrected chi connectivity index (χ3v) is 5.52. The molecule has 122 valence electrons. The lowest BCUT2D eigenvalue weighted by Gasteiger charge is -2.22. The molecule has 0 bridgehead atoms. The summed E-state index contributed by atoms with van der Waals surface area (Å²) in [6.07, 6.45) is 6.04. The maximum Gasteiger partial charge on any atom is 0.230 e. The van der Waals surface area contributed by atoms with E-state index >= 15 is 0 Å². The number of aromatic nitrogens is 1. The number of rotatable bonds is 4. The Kier molecular flexibility index (Phi) is 5.21. The summed E-state index contributed by atoms with van der Waals surface area (Å²) in [7, 11) is 0. The average Bonchev–Trinajstić information content (AvgIpc) is 2.54. The molecule has 1 saturated carbocycles. The molecule has 0 saturated heterocycles. The summed E-state index contributed by atoms with van der Waals surface area (Å²) < 4.78 is 0. The van der Waals surface area contributed by atoms with Crippen molar-refractivity contribution in [3.05, 3.63) is 35.4 Å². The zero-order chi connectivity index (χ0) is 16.2. The number of nitrogens with one attached hydrogen (secondary N) is 1. The third kappa shape index (κ3) is 4.25. The minimum atomic E-state index is 0.132. The summed E-state index contributed by atoms with van der Waals surface area (Å²) in [6.45, 7) is 4.14. The van der Waals surface area contributed by atoms with E-state index in [1.165, 1.54) is 24.8 Å². The van der Waals surface area contributed by atoms with Gasteiger partial charge in [0.15, 0.2) is 0 Å². The summed E-state index contributed by atoms with van der Waals surface area (Å²) in [6, 6.07) is 8.84. The number of carbonyl (C=O) groups is 1. The fraction of sp³-hybridized carbons (Fsp3) is 0.474. The van der Waals surface area contributed by atoms with E-state index < -0.39 is 0 Å². The van der Waals surface area contributed by atoms with Gasteiger partial charge in [0, 0.05) is 11.4 Å². The number of nitrogens with zero attached hydrogens (tertiary/aromatic N) is 1. The van der Waals surface area contributed by atoms with E-state index in [1.54, 1.807) is 11.8 Å². The molecule has 1 fully saturated rings. The Morgan fingerprint density at radius 1 is 1.22 bits per heavy atom. The average molecular weight is 328 g/mol. The summed E-state index contributed by atoms with van der Waals surface area (Å²) in [5.74, 6) is 0.578. The van der Waals surface area contributed by atoms with Crippen LogP contribution >= 0.6 is 11.8 Å². The maximum absolute atomic E-state index is 12.2. The van der Waals surface area contributed by atoms with Gasteiger partial charge >= 0.3 is 0 Å². The number of carbonyl (C=O) groups excluding carboxylic acids is 1. The van der Waals surface area contributed by atoms with Gasteiger partial charge in [-0.05, 0) is 49.9 Å². The lowest BCUT2D eigenvalue weighted by Crippen LogP contribution is -2.37. The van der Waals surface area contributed by atoms with E-state index in [0.29, 0.717) is 11.8 Å². The Morgan fingerprint density at radius 2 is 2.00 bits per heavy atom. The quantitative estimate of drug-likeness (QED) is 0.846. The molecular formula is C19H24N2OS. The molecule has 1 N–H and O–H groups in total. The second-order valence-corrected chi connectivity index (χ2v) is 7.46. The number of hydrogen-bond acceptors (Lipinski definition) is 3. The molecule has 1 aliphatic carbocycles. The fourth-order valence-electron chi connectivity index (χ4n) is 3.16. The molecular weight excluding hydrogens is 304 g/mol. The molecule has 2 aromatic rings. The van der Waals surface area contributed by atoms with Gasteiger partial charge in [0.1, 0.15) is 5.03 Å². The minimum Gasteiger partial charge on any atom is -0.353 e. The standard InChI is InChI=1S/C19H24N2OS/c1-13-8-9-15-11-14(2)19(21-17(15)10-13)23-12-18(22)20-16-6-4-3-5-7-16/h8-11,16H,3-7,12H2,1-2H3,(H,20,22). The van der Waals surface area contributed by atoms with E-state index in [2.05, 4.69) is 43.4 Å². The highest BCUT2D eigenvalue weighted by Gasteiger charge is 2.16. The van der Waals surface area contributed by atoms with Crippen molar-refractivity contribution in [3.63, 3.8) is 0 Å². The van der Waals surface area contributed by atoms with Gasteiger partial charge in [0.05, 0.1) is 11.3 Å². The summed E-state index contributed by atoms with van der Waals surface area (Å²) in [5.41, 5.74) is 3.35. The van der Waals surface area contributed by atoms with Gasteiger partial charge < -0.3 is 5.32 Å². The predicted octanol–water partition coefficient (Wildman–Crippen LogP) is 4.39. The van der Waals surface area contributed by atoms with E-state index in [9.17, 15) is 4.79 Å². The Bertz CT molecular complexity index is 708. The monoisotopic (exact) mass is 328 g/mol. The van der Waals surface area contributed by atoms with E-state index in [1.807, 2.05) is 0 Å². The first-order chi connectivity index (χ1) is 11.1. The Labute approximate surface area is 142 Å². The first-order valence-corrected chi connectivity index (χ1v) is 9.40. The molecule has 0 unspecified atom stereocenters. The van der Waals surface area contributed by atoms with Crippen molar-refractivity contribution in [3.8, 4) is 0 Å². The van der Waals surface area contributed by atoms with Crippen molar-refractivity contribution >= 4 is 28.6 Å². The third-order valence-electron chi connectivity index (χ3n) is 4.43. The predicted molar refractivity (Wildman–Crippen MR) is 97.0 cm³/mol. The van der Waals surface area contributed by atoms with Crippen LogP contribution in [-0.2, 0) is 4.79 Å².